The molecule has 1 unspecified atom stereocenters. The molecule has 0 saturated carbocycles. The minimum atomic E-state index is -3.16. The van der Waals surface area contributed by atoms with Crippen molar-refractivity contribution in [2.75, 3.05) is 32.1 Å². The largest absolute Gasteiger partial charge is 0.480 e. The Morgan fingerprint density at radius 1 is 1.38 bits per heavy atom. The van der Waals surface area contributed by atoms with Crippen LogP contribution in [-0.4, -0.2) is 73.5 Å². The summed E-state index contributed by atoms with van der Waals surface area (Å²) in [5.41, 5.74) is -0.503. The van der Waals surface area contributed by atoms with E-state index in [0.717, 1.165) is 19.1 Å². The van der Waals surface area contributed by atoms with Gasteiger partial charge in [-0.2, -0.15) is 0 Å². The smallest absolute Gasteiger partial charge is 0.327 e. The van der Waals surface area contributed by atoms with Gasteiger partial charge in [0.05, 0.1) is 5.75 Å². The Morgan fingerprint density at radius 3 is 2.43 bits per heavy atom. The lowest BCUT2D eigenvalue weighted by Gasteiger charge is -2.45. The number of sulfone groups is 1. The highest BCUT2D eigenvalue weighted by Gasteiger charge is 2.45. The van der Waals surface area contributed by atoms with Crippen molar-refractivity contribution in [2.45, 2.75) is 32.7 Å². The number of likely N-dealkylation sites (tertiary alicyclic amines) is 1. The van der Waals surface area contributed by atoms with Gasteiger partial charge in [-0.3, -0.25) is 0 Å². The summed E-state index contributed by atoms with van der Waals surface area (Å²) < 4.78 is 22.3. The van der Waals surface area contributed by atoms with E-state index in [9.17, 15) is 23.1 Å². The third-order valence-electron chi connectivity index (χ3n) is 3.88. The van der Waals surface area contributed by atoms with Crippen LogP contribution in [-0.2, 0) is 14.6 Å². The van der Waals surface area contributed by atoms with E-state index in [1.807, 2.05) is 13.8 Å². The molecule has 1 atom stereocenters. The van der Waals surface area contributed by atoms with Crippen molar-refractivity contribution < 1.29 is 23.1 Å². The standard InChI is InChI=1S/C13H24N2O5S/c1-13(2)6-5-7-15(10(13)11(16)17)12(18)14(3)8-9-21(4,19)20/h10H,5-9H2,1-4H3,(H,16,17). The molecule has 1 fully saturated rings. The Bertz CT molecular complexity index is 515. The fraction of sp³-hybridized carbons (Fsp3) is 0.846. The number of hydrogen-bond donors (Lipinski definition) is 1. The molecule has 1 saturated heterocycles. The zero-order valence-electron chi connectivity index (χ0n) is 13.0. The van der Waals surface area contributed by atoms with E-state index >= 15 is 0 Å². The van der Waals surface area contributed by atoms with E-state index in [-0.39, 0.29) is 12.3 Å². The maximum absolute atomic E-state index is 12.4. The quantitative estimate of drug-likeness (QED) is 0.821. The third kappa shape index (κ3) is 4.59. The number of urea groups is 1. The molecule has 1 aliphatic heterocycles. The van der Waals surface area contributed by atoms with Crippen LogP contribution in [0.1, 0.15) is 26.7 Å². The highest BCUT2D eigenvalue weighted by Crippen LogP contribution is 2.35. The number of aliphatic carboxylic acids is 1. The van der Waals surface area contributed by atoms with Crippen LogP contribution in [0.15, 0.2) is 0 Å². The van der Waals surface area contributed by atoms with Crippen molar-refractivity contribution in [3.8, 4) is 0 Å². The van der Waals surface area contributed by atoms with Crippen LogP contribution < -0.4 is 0 Å². The van der Waals surface area contributed by atoms with Crippen molar-refractivity contribution in [3.05, 3.63) is 0 Å². The fourth-order valence-corrected chi connectivity index (χ4v) is 3.29. The first-order valence-electron chi connectivity index (χ1n) is 6.88. The molecule has 1 N–H and O–H groups in total. The highest BCUT2D eigenvalue weighted by atomic mass is 32.2. The second-order valence-corrected chi connectivity index (χ2v) is 8.62. The van der Waals surface area contributed by atoms with Crippen molar-refractivity contribution in [1.29, 1.82) is 0 Å². The molecule has 1 aliphatic rings. The summed E-state index contributed by atoms with van der Waals surface area (Å²) in [6.45, 7) is 4.10. The predicted molar refractivity (Wildman–Crippen MR) is 78.9 cm³/mol. The number of piperidine rings is 1. The average Bonchev–Trinajstić information content (AvgIpc) is 2.32. The Hall–Kier alpha value is -1.31. The summed E-state index contributed by atoms with van der Waals surface area (Å²) in [5, 5.41) is 9.43. The van der Waals surface area contributed by atoms with Gasteiger partial charge in [0.15, 0.2) is 0 Å². The minimum Gasteiger partial charge on any atom is -0.480 e. The number of rotatable bonds is 4. The predicted octanol–water partition coefficient (Wildman–Crippen LogP) is 0.658. The van der Waals surface area contributed by atoms with Crippen LogP contribution in [0.3, 0.4) is 0 Å². The van der Waals surface area contributed by atoms with E-state index in [2.05, 4.69) is 0 Å². The summed E-state index contributed by atoms with van der Waals surface area (Å²) in [5.74, 6) is -1.16. The summed E-state index contributed by atoms with van der Waals surface area (Å²) >= 11 is 0. The lowest BCUT2D eigenvalue weighted by atomic mass is 9.76. The zero-order valence-corrected chi connectivity index (χ0v) is 13.8. The lowest BCUT2D eigenvalue weighted by Crippen LogP contribution is -2.59. The second-order valence-electron chi connectivity index (χ2n) is 6.36. The van der Waals surface area contributed by atoms with Gasteiger partial charge < -0.3 is 14.9 Å². The second kappa shape index (κ2) is 6.21. The van der Waals surface area contributed by atoms with Crippen molar-refractivity contribution in [2.24, 2.45) is 5.41 Å². The average molecular weight is 320 g/mol. The first kappa shape index (κ1) is 17.7. The van der Waals surface area contributed by atoms with Crippen molar-refractivity contribution >= 4 is 21.8 Å². The monoisotopic (exact) mass is 320 g/mol. The van der Waals surface area contributed by atoms with E-state index in [1.165, 1.54) is 16.8 Å². The van der Waals surface area contributed by atoms with Crippen molar-refractivity contribution in [1.82, 2.24) is 9.80 Å². The number of carboxylic acids is 1. The van der Waals surface area contributed by atoms with Crippen LogP contribution in [0, 0.1) is 5.41 Å². The van der Waals surface area contributed by atoms with Crippen LogP contribution in [0.4, 0.5) is 4.79 Å². The van der Waals surface area contributed by atoms with Crippen LogP contribution in [0.2, 0.25) is 0 Å². The Kier molecular flexibility index (Phi) is 5.25. The van der Waals surface area contributed by atoms with E-state index in [1.54, 1.807) is 0 Å². The maximum atomic E-state index is 12.4. The number of nitrogens with zero attached hydrogens (tertiary/aromatic N) is 2. The lowest BCUT2D eigenvalue weighted by molar-refractivity contribution is -0.148. The molecule has 0 bridgehead atoms. The number of amides is 2. The first-order valence-corrected chi connectivity index (χ1v) is 8.94. The SMILES string of the molecule is CN(CCS(C)(=O)=O)C(=O)N1CCCC(C)(C)C1C(=O)O. The molecule has 0 aromatic heterocycles. The molecule has 0 aromatic carbocycles. The van der Waals surface area contributed by atoms with Gasteiger partial charge in [-0.1, -0.05) is 13.8 Å². The summed E-state index contributed by atoms with van der Waals surface area (Å²) in [6.07, 6.45) is 2.58. The molecule has 1 heterocycles. The molecule has 0 aliphatic carbocycles. The number of hydrogen-bond acceptors (Lipinski definition) is 4. The summed E-state index contributed by atoms with van der Waals surface area (Å²) in [6, 6.07) is -1.32. The first-order chi connectivity index (χ1) is 9.46. The highest BCUT2D eigenvalue weighted by molar-refractivity contribution is 7.90. The van der Waals surface area contributed by atoms with Gasteiger partial charge in [0.2, 0.25) is 0 Å². The Balaban J connectivity index is 2.86. The molecule has 7 nitrogen and oxygen atoms in total. The van der Waals surface area contributed by atoms with Crippen LogP contribution >= 0.6 is 0 Å². The summed E-state index contributed by atoms with van der Waals surface area (Å²) in [7, 11) is -1.67. The fourth-order valence-electron chi connectivity index (χ4n) is 2.68. The van der Waals surface area contributed by atoms with E-state index in [0.29, 0.717) is 6.54 Å². The van der Waals surface area contributed by atoms with Gasteiger partial charge in [0.25, 0.3) is 0 Å². The minimum absolute atomic E-state index is 0.0565. The Morgan fingerprint density at radius 2 is 1.95 bits per heavy atom. The number of carbonyl (C=O) groups excluding carboxylic acids is 1. The maximum Gasteiger partial charge on any atom is 0.327 e. The zero-order chi connectivity index (χ0) is 16.4. The normalized spacial score (nSPS) is 21.9. The molecular formula is C13H24N2O5S. The van der Waals surface area contributed by atoms with Crippen LogP contribution in [0.25, 0.3) is 0 Å². The molecule has 2 amide bonds. The molecule has 0 aromatic rings. The van der Waals surface area contributed by atoms with Gasteiger partial charge in [0, 0.05) is 26.4 Å². The van der Waals surface area contributed by atoms with Crippen molar-refractivity contribution in [3.63, 3.8) is 0 Å². The third-order valence-corrected chi connectivity index (χ3v) is 4.80. The topological polar surface area (TPSA) is 95.0 Å². The molecule has 1 rings (SSSR count). The molecule has 122 valence electrons. The van der Waals surface area contributed by atoms with E-state index in [4.69, 9.17) is 0 Å². The molecule has 8 heteroatoms. The number of carboxylic acid groups (broad SMARTS) is 1. The molecule has 0 spiro atoms. The Labute approximate surface area is 125 Å². The van der Waals surface area contributed by atoms with Crippen LogP contribution in [0.5, 0.6) is 0 Å². The van der Waals surface area contributed by atoms with Gasteiger partial charge in [-0.05, 0) is 18.3 Å². The van der Waals surface area contributed by atoms with E-state index < -0.39 is 33.3 Å². The molecule has 21 heavy (non-hydrogen) atoms. The number of carbonyl (C=O) groups is 2. The molecule has 0 radical (unpaired) electrons. The van der Waals surface area contributed by atoms with Gasteiger partial charge >= 0.3 is 12.0 Å². The van der Waals surface area contributed by atoms with Gasteiger partial charge in [0.1, 0.15) is 15.9 Å². The molecular weight excluding hydrogens is 296 g/mol. The van der Waals surface area contributed by atoms with Gasteiger partial charge in [-0.25, -0.2) is 18.0 Å². The summed E-state index contributed by atoms with van der Waals surface area (Å²) in [4.78, 5) is 26.5. The van der Waals surface area contributed by atoms with Gasteiger partial charge in [-0.15, -0.1) is 0 Å².